The molecular formula is C20H23F4N3S. The van der Waals surface area contributed by atoms with Crippen LogP contribution in [0.15, 0.2) is 57.3 Å². The van der Waals surface area contributed by atoms with Crippen LogP contribution < -0.4 is 5.73 Å². The number of nitrogens with zero attached hydrogens (tertiary/aromatic N) is 2. The number of anilines is 1. The topological polar surface area (TPSA) is 50.7 Å². The van der Waals surface area contributed by atoms with E-state index in [1.54, 1.807) is 31.5 Å². The molecule has 28 heavy (non-hydrogen) atoms. The first-order valence-electron chi connectivity index (χ1n) is 8.53. The quantitative estimate of drug-likeness (QED) is 0.211. The van der Waals surface area contributed by atoms with Crippen LogP contribution in [-0.2, 0) is 0 Å². The van der Waals surface area contributed by atoms with Gasteiger partial charge in [-0.15, -0.1) is 0 Å². The summed E-state index contributed by atoms with van der Waals surface area (Å²) in [7, 11) is 1.63. The van der Waals surface area contributed by atoms with E-state index in [0.717, 1.165) is 18.4 Å². The van der Waals surface area contributed by atoms with E-state index in [-0.39, 0.29) is 22.3 Å². The maximum Gasteiger partial charge on any atom is 0.446 e. The third kappa shape index (κ3) is 9.03. The zero-order chi connectivity index (χ0) is 21.2. The van der Waals surface area contributed by atoms with E-state index in [9.17, 15) is 17.6 Å². The first kappa shape index (κ1) is 23.7. The van der Waals surface area contributed by atoms with E-state index in [1.807, 2.05) is 6.92 Å². The largest absolute Gasteiger partial charge is 0.446 e. The number of thioether (sulfide) groups is 1. The van der Waals surface area contributed by atoms with Crippen molar-refractivity contribution in [3.8, 4) is 0 Å². The maximum atomic E-state index is 13.2. The van der Waals surface area contributed by atoms with Gasteiger partial charge in [-0.2, -0.15) is 13.2 Å². The van der Waals surface area contributed by atoms with E-state index >= 15 is 0 Å². The van der Waals surface area contributed by atoms with Crippen LogP contribution in [0.25, 0.3) is 0 Å². The van der Waals surface area contributed by atoms with Crippen molar-refractivity contribution < 1.29 is 17.6 Å². The molecule has 2 N–H and O–H groups in total. The third-order valence-corrected chi connectivity index (χ3v) is 4.10. The molecule has 3 nitrogen and oxygen atoms in total. The number of aryl methyl sites for hydroxylation is 1. The number of hydrogen-bond acceptors (Lipinski definition) is 3. The normalized spacial score (nSPS) is 12.0. The lowest BCUT2D eigenvalue weighted by Gasteiger charge is -2.04. The SMILES string of the molecule is CCCC=NC(=NC)c1ccc(N)c(F)c1.Cc1ccc(SC(F)(F)F)cc1. The van der Waals surface area contributed by atoms with Crippen LogP contribution >= 0.6 is 11.8 Å². The molecule has 0 aliphatic heterocycles. The van der Waals surface area contributed by atoms with Crippen LogP contribution in [0.3, 0.4) is 0 Å². The van der Waals surface area contributed by atoms with Crippen molar-refractivity contribution in [2.24, 2.45) is 9.98 Å². The summed E-state index contributed by atoms with van der Waals surface area (Å²) in [6.07, 6.45) is 3.70. The van der Waals surface area contributed by atoms with Gasteiger partial charge in [0, 0.05) is 23.7 Å². The maximum absolute atomic E-state index is 13.2. The number of hydrogen-bond donors (Lipinski definition) is 1. The molecule has 2 rings (SSSR count). The molecule has 0 saturated carbocycles. The van der Waals surface area contributed by atoms with Crippen LogP contribution in [0.4, 0.5) is 23.2 Å². The summed E-state index contributed by atoms with van der Waals surface area (Å²) in [5.74, 6) is 0.0803. The highest BCUT2D eigenvalue weighted by Crippen LogP contribution is 2.36. The van der Waals surface area contributed by atoms with E-state index in [1.165, 1.54) is 24.3 Å². The second kappa shape index (κ2) is 11.5. The minimum Gasteiger partial charge on any atom is -0.396 e. The zero-order valence-electron chi connectivity index (χ0n) is 15.9. The lowest BCUT2D eigenvalue weighted by atomic mass is 10.2. The molecular weight excluding hydrogens is 390 g/mol. The van der Waals surface area contributed by atoms with Gasteiger partial charge in [0.2, 0.25) is 0 Å². The number of nitrogens with two attached hydrogens (primary N) is 1. The molecule has 0 heterocycles. The van der Waals surface area contributed by atoms with Crippen LogP contribution in [0.1, 0.15) is 30.9 Å². The summed E-state index contributed by atoms with van der Waals surface area (Å²) in [6, 6.07) is 10.8. The summed E-state index contributed by atoms with van der Waals surface area (Å²) in [6.45, 7) is 3.90. The van der Waals surface area contributed by atoms with Gasteiger partial charge in [0.25, 0.3) is 0 Å². The predicted molar refractivity (Wildman–Crippen MR) is 110 cm³/mol. The van der Waals surface area contributed by atoms with Crippen molar-refractivity contribution in [1.82, 2.24) is 0 Å². The summed E-state index contributed by atoms with van der Waals surface area (Å²) in [5.41, 5.74) is 2.95. The summed E-state index contributed by atoms with van der Waals surface area (Å²) >= 11 is -0.0906. The molecule has 0 saturated heterocycles. The number of nitrogen functional groups attached to an aromatic ring is 1. The molecule has 0 fully saturated rings. The number of unbranched alkanes of at least 4 members (excludes halogenated alkanes) is 1. The Labute approximate surface area is 166 Å². The van der Waals surface area contributed by atoms with Crippen LogP contribution in [0.2, 0.25) is 0 Å². The lowest BCUT2D eigenvalue weighted by molar-refractivity contribution is -0.0328. The number of aliphatic imine (C=N–C) groups is 2. The first-order valence-corrected chi connectivity index (χ1v) is 9.35. The van der Waals surface area contributed by atoms with Crippen LogP contribution in [0, 0.1) is 12.7 Å². The molecule has 2 aromatic carbocycles. The highest BCUT2D eigenvalue weighted by molar-refractivity contribution is 8.00. The fraction of sp³-hybridized carbons (Fsp3) is 0.300. The Balaban J connectivity index is 0.000000292. The van der Waals surface area contributed by atoms with Gasteiger partial charge in [0.1, 0.15) is 5.82 Å². The smallest absolute Gasteiger partial charge is 0.396 e. The van der Waals surface area contributed by atoms with Crippen molar-refractivity contribution in [3.63, 3.8) is 0 Å². The van der Waals surface area contributed by atoms with Gasteiger partial charge in [-0.3, -0.25) is 4.99 Å². The van der Waals surface area contributed by atoms with Gasteiger partial charge in [-0.05, 0) is 55.4 Å². The van der Waals surface area contributed by atoms with Gasteiger partial charge >= 0.3 is 5.51 Å². The Bertz CT molecular complexity index is 800. The van der Waals surface area contributed by atoms with Gasteiger partial charge in [0.05, 0.1) is 5.69 Å². The number of alkyl halides is 3. The molecule has 8 heteroatoms. The van der Waals surface area contributed by atoms with Crippen molar-refractivity contribution in [2.75, 3.05) is 12.8 Å². The summed E-state index contributed by atoms with van der Waals surface area (Å²) in [4.78, 5) is 8.43. The molecule has 2 aromatic rings. The fourth-order valence-corrected chi connectivity index (χ4v) is 2.49. The number of halogens is 4. The molecule has 0 unspecified atom stereocenters. The van der Waals surface area contributed by atoms with Gasteiger partial charge in [-0.25, -0.2) is 9.38 Å². The van der Waals surface area contributed by atoms with Gasteiger partial charge in [0.15, 0.2) is 5.84 Å². The Hall–Kier alpha value is -2.35. The third-order valence-electron chi connectivity index (χ3n) is 3.36. The van der Waals surface area contributed by atoms with Crippen molar-refractivity contribution in [3.05, 3.63) is 59.4 Å². The summed E-state index contributed by atoms with van der Waals surface area (Å²) in [5, 5.41) is 0. The van der Waals surface area contributed by atoms with E-state index < -0.39 is 11.3 Å². The number of rotatable bonds is 4. The second-order valence-corrected chi connectivity index (χ2v) is 6.88. The van der Waals surface area contributed by atoms with Crippen LogP contribution in [-0.4, -0.2) is 24.6 Å². The molecule has 0 bridgehead atoms. The highest BCUT2D eigenvalue weighted by atomic mass is 32.2. The van der Waals surface area contributed by atoms with Gasteiger partial charge < -0.3 is 5.73 Å². The predicted octanol–water partition coefficient (Wildman–Crippen LogP) is 6.26. The van der Waals surface area contributed by atoms with Crippen LogP contribution in [0.5, 0.6) is 0 Å². The Morgan fingerprint density at radius 3 is 2.29 bits per heavy atom. The zero-order valence-corrected chi connectivity index (χ0v) is 16.7. The van der Waals surface area contributed by atoms with E-state index in [4.69, 9.17) is 5.73 Å². The lowest BCUT2D eigenvalue weighted by Crippen LogP contribution is -2.00. The summed E-state index contributed by atoms with van der Waals surface area (Å²) < 4.78 is 48.6. The molecule has 152 valence electrons. The molecule has 0 aliphatic carbocycles. The molecule has 0 atom stereocenters. The average Bonchev–Trinajstić information content (AvgIpc) is 2.63. The minimum atomic E-state index is -4.19. The molecule has 0 spiro atoms. The molecule has 0 aliphatic rings. The number of benzene rings is 2. The van der Waals surface area contributed by atoms with Crippen molar-refractivity contribution in [2.45, 2.75) is 37.1 Å². The Kier molecular flexibility index (Phi) is 9.72. The standard InChI is InChI=1S/C12H16FN3.C8H7F3S/c1-3-4-7-16-12(15-2)9-5-6-11(14)10(13)8-9;1-6-2-4-7(5-3-6)12-8(9,10)11/h5-8H,3-4,14H2,1-2H3;2-5H,1H3. The first-order chi connectivity index (χ1) is 13.2. The molecule has 0 aromatic heterocycles. The molecule has 0 radical (unpaired) electrons. The van der Waals surface area contributed by atoms with Gasteiger partial charge in [-0.1, -0.05) is 31.0 Å². The van der Waals surface area contributed by atoms with Crippen molar-refractivity contribution >= 4 is 29.5 Å². The van der Waals surface area contributed by atoms with E-state index in [0.29, 0.717) is 11.4 Å². The van der Waals surface area contributed by atoms with E-state index in [2.05, 4.69) is 16.9 Å². The minimum absolute atomic E-state index is 0.0906. The highest BCUT2D eigenvalue weighted by Gasteiger charge is 2.28. The Morgan fingerprint density at radius 1 is 1.14 bits per heavy atom. The number of amidine groups is 1. The van der Waals surface area contributed by atoms with Crippen molar-refractivity contribution in [1.29, 1.82) is 0 Å². The fourth-order valence-electron chi connectivity index (χ4n) is 1.95. The second-order valence-electron chi connectivity index (χ2n) is 5.74. The Morgan fingerprint density at radius 2 is 1.79 bits per heavy atom. The molecule has 0 amide bonds. The monoisotopic (exact) mass is 413 g/mol. The average molecular weight is 413 g/mol.